The van der Waals surface area contributed by atoms with Crippen molar-refractivity contribution in [3.63, 3.8) is 0 Å². The van der Waals surface area contributed by atoms with E-state index in [0.29, 0.717) is 24.1 Å². The number of nitrogens with two attached hydrogens (primary N) is 1. The molecule has 1 aromatic carbocycles. The summed E-state index contributed by atoms with van der Waals surface area (Å²) in [4.78, 5) is 11.8. The molecule has 0 unspecified atom stereocenters. The Morgan fingerprint density at radius 2 is 2.06 bits per heavy atom. The minimum absolute atomic E-state index is 0.211. The standard InChI is InChI=1S/C13H20N2O2/c1-3-13(17,4-2)9-15-12(16)10-6-5-7-11(14)8-10/h5-8,17H,3-4,9,14H2,1-2H3,(H,15,16). The molecule has 0 fully saturated rings. The molecular weight excluding hydrogens is 216 g/mol. The predicted octanol–water partition coefficient (Wildman–Crippen LogP) is 1.55. The number of benzene rings is 1. The molecule has 0 aliphatic carbocycles. The minimum atomic E-state index is -0.823. The SMILES string of the molecule is CCC(O)(CC)CNC(=O)c1cccc(N)c1. The zero-order chi connectivity index (χ0) is 12.9. The van der Waals surface area contributed by atoms with E-state index in [1.807, 2.05) is 13.8 Å². The summed E-state index contributed by atoms with van der Waals surface area (Å²) in [7, 11) is 0. The highest BCUT2D eigenvalue weighted by molar-refractivity contribution is 5.95. The normalized spacial score (nSPS) is 11.2. The lowest BCUT2D eigenvalue weighted by Crippen LogP contribution is -2.42. The van der Waals surface area contributed by atoms with Gasteiger partial charge >= 0.3 is 0 Å². The molecule has 0 saturated carbocycles. The van der Waals surface area contributed by atoms with Gasteiger partial charge in [-0.2, -0.15) is 0 Å². The highest BCUT2D eigenvalue weighted by atomic mass is 16.3. The van der Waals surface area contributed by atoms with Crippen molar-refractivity contribution in [1.29, 1.82) is 0 Å². The molecule has 0 heterocycles. The second kappa shape index (κ2) is 5.68. The second-order valence-corrected chi connectivity index (χ2v) is 4.24. The lowest BCUT2D eigenvalue weighted by molar-refractivity contribution is 0.0314. The summed E-state index contributed by atoms with van der Waals surface area (Å²) in [6.45, 7) is 4.06. The van der Waals surface area contributed by atoms with Crippen LogP contribution in [0.25, 0.3) is 0 Å². The molecule has 0 radical (unpaired) electrons. The van der Waals surface area contributed by atoms with E-state index in [1.165, 1.54) is 0 Å². The molecule has 0 aliphatic heterocycles. The van der Waals surface area contributed by atoms with Crippen LogP contribution in [0.5, 0.6) is 0 Å². The third kappa shape index (κ3) is 3.75. The average Bonchev–Trinajstić information content (AvgIpc) is 2.35. The zero-order valence-electron chi connectivity index (χ0n) is 10.4. The van der Waals surface area contributed by atoms with Crippen LogP contribution in [0.3, 0.4) is 0 Å². The Kier molecular flexibility index (Phi) is 4.52. The molecule has 94 valence electrons. The third-order valence-corrected chi connectivity index (χ3v) is 3.04. The van der Waals surface area contributed by atoms with Crippen molar-refractivity contribution >= 4 is 11.6 Å². The van der Waals surface area contributed by atoms with Gasteiger partial charge in [0.1, 0.15) is 0 Å². The highest BCUT2D eigenvalue weighted by Crippen LogP contribution is 2.13. The molecule has 1 rings (SSSR count). The fourth-order valence-electron chi connectivity index (χ4n) is 1.53. The Labute approximate surface area is 102 Å². The fourth-order valence-corrected chi connectivity index (χ4v) is 1.53. The summed E-state index contributed by atoms with van der Waals surface area (Å²) >= 11 is 0. The largest absolute Gasteiger partial charge is 0.399 e. The molecule has 1 amide bonds. The lowest BCUT2D eigenvalue weighted by Gasteiger charge is -2.25. The first kappa shape index (κ1) is 13.5. The number of carbonyl (C=O) groups is 1. The van der Waals surface area contributed by atoms with Crippen molar-refractivity contribution in [2.24, 2.45) is 0 Å². The monoisotopic (exact) mass is 236 g/mol. The van der Waals surface area contributed by atoms with Crippen LogP contribution in [0.15, 0.2) is 24.3 Å². The molecular formula is C13H20N2O2. The maximum absolute atomic E-state index is 11.8. The third-order valence-electron chi connectivity index (χ3n) is 3.04. The van der Waals surface area contributed by atoms with Gasteiger partial charge in [0.15, 0.2) is 0 Å². The van der Waals surface area contributed by atoms with E-state index in [9.17, 15) is 9.90 Å². The van der Waals surface area contributed by atoms with Gasteiger partial charge in [-0.25, -0.2) is 0 Å². The number of nitrogen functional groups attached to an aromatic ring is 1. The van der Waals surface area contributed by atoms with Crippen molar-refractivity contribution in [2.45, 2.75) is 32.3 Å². The van der Waals surface area contributed by atoms with Crippen molar-refractivity contribution in [3.05, 3.63) is 29.8 Å². The quantitative estimate of drug-likeness (QED) is 0.679. The van der Waals surface area contributed by atoms with Gasteiger partial charge in [0.25, 0.3) is 5.91 Å². The molecule has 0 spiro atoms. The number of amides is 1. The molecule has 0 atom stereocenters. The lowest BCUT2D eigenvalue weighted by atomic mass is 9.97. The molecule has 0 aliphatic rings. The molecule has 0 bridgehead atoms. The summed E-state index contributed by atoms with van der Waals surface area (Å²) in [5.41, 5.74) is 5.85. The number of aliphatic hydroxyl groups is 1. The Bertz CT molecular complexity index is 387. The first-order chi connectivity index (χ1) is 8.00. The van der Waals surface area contributed by atoms with Crippen LogP contribution in [-0.4, -0.2) is 23.2 Å². The summed E-state index contributed by atoms with van der Waals surface area (Å²) in [5.74, 6) is -0.211. The average molecular weight is 236 g/mol. The smallest absolute Gasteiger partial charge is 0.251 e. The van der Waals surface area contributed by atoms with Crippen LogP contribution in [0.4, 0.5) is 5.69 Å². The zero-order valence-corrected chi connectivity index (χ0v) is 10.4. The highest BCUT2D eigenvalue weighted by Gasteiger charge is 2.22. The van der Waals surface area contributed by atoms with Gasteiger partial charge in [0.2, 0.25) is 0 Å². The van der Waals surface area contributed by atoms with Gasteiger partial charge in [-0.1, -0.05) is 19.9 Å². The Balaban J connectivity index is 2.62. The van der Waals surface area contributed by atoms with Crippen LogP contribution >= 0.6 is 0 Å². The van der Waals surface area contributed by atoms with Gasteiger partial charge in [-0.3, -0.25) is 4.79 Å². The Morgan fingerprint density at radius 3 is 2.59 bits per heavy atom. The molecule has 1 aromatic rings. The van der Waals surface area contributed by atoms with E-state index >= 15 is 0 Å². The van der Waals surface area contributed by atoms with Crippen molar-refractivity contribution in [1.82, 2.24) is 5.32 Å². The van der Waals surface area contributed by atoms with Crippen molar-refractivity contribution in [2.75, 3.05) is 12.3 Å². The first-order valence-electron chi connectivity index (χ1n) is 5.87. The van der Waals surface area contributed by atoms with Gasteiger partial charge in [0.05, 0.1) is 5.60 Å². The van der Waals surface area contributed by atoms with E-state index in [1.54, 1.807) is 24.3 Å². The molecule has 17 heavy (non-hydrogen) atoms. The van der Waals surface area contributed by atoms with Gasteiger partial charge in [0, 0.05) is 17.8 Å². The van der Waals surface area contributed by atoms with Crippen molar-refractivity contribution in [3.8, 4) is 0 Å². The molecule has 0 aromatic heterocycles. The number of rotatable bonds is 5. The number of carbonyl (C=O) groups excluding carboxylic acids is 1. The van der Waals surface area contributed by atoms with Gasteiger partial charge < -0.3 is 16.2 Å². The van der Waals surface area contributed by atoms with E-state index in [0.717, 1.165) is 0 Å². The van der Waals surface area contributed by atoms with Crippen LogP contribution in [0.1, 0.15) is 37.0 Å². The molecule has 0 saturated heterocycles. The minimum Gasteiger partial charge on any atom is -0.399 e. The molecule has 4 N–H and O–H groups in total. The summed E-state index contributed by atoms with van der Waals surface area (Å²) in [6.07, 6.45) is 1.22. The van der Waals surface area contributed by atoms with Gasteiger partial charge in [-0.15, -0.1) is 0 Å². The summed E-state index contributed by atoms with van der Waals surface area (Å²) in [6, 6.07) is 6.77. The first-order valence-corrected chi connectivity index (χ1v) is 5.87. The van der Waals surface area contributed by atoms with Crippen LogP contribution in [0.2, 0.25) is 0 Å². The maximum atomic E-state index is 11.8. The number of hydrogen-bond acceptors (Lipinski definition) is 3. The summed E-state index contributed by atoms with van der Waals surface area (Å²) in [5, 5.41) is 12.8. The molecule has 4 heteroatoms. The maximum Gasteiger partial charge on any atom is 0.251 e. The van der Waals surface area contributed by atoms with Gasteiger partial charge in [-0.05, 0) is 31.0 Å². The van der Waals surface area contributed by atoms with E-state index < -0.39 is 5.60 Å². The topological polar surface area (TPSA) is 75.3 Å². The van der Waals surface area contributed by atoms with Crippen LogP contribution in [-0.2, 0) is 0 Å². The Morgan fingerprint density at radius 1 is 1.41 bits per heavy atom. The number of nitrogens with one attached hydrogen (secondary N) is 1. The van der Waals surface area contributed by atoms with Crippen LogP contribution in [0, 0.1) is 0 Å². The van der Waals surface area contributed by atoms with Crippen LogP contribution < -0.4 is 11.1 Å². The second-order valence-electron chi connectivity index (χ2n) is 4.24. The predicted molar refractivity (Wildman–Crippen MR) is 68.7 cm³/mol. The molecule has 4 nitrogen and oxygen atoms in total. The van der Waals surface area contributed by atoms with E-state index in [4.69, 9.17) is 5.73 Å². The summed E-state index contributed by atoms with van der Waals surface area (Å²) < 4.78 is 0. The van der Waals surface area contributed by atoms with E-state index in [-0.39, 0.29) is 12.5 Å². The van der Waals surface area contributed by atoms with E-state index in [2.05, 4.69) is 5.32 Å². The fraction of sp³-hybridized carbons (Fsp3) is 0.462. The number of anilines is 1. The Hall–Kier alpha value is -1.55. The number of hydrogen-bond donors (Lipinski definition) is 3. The van der Waals surface area contributed by atoms with Crippen molar-refractivity contribution < 1.29 is 9.90 Å².